The average molecular weight is 246 g/mol. The molecule has 0 aliphatic carbocycles. The number of piperidine rings is 1. The topological polar surface area (TPSA) is 25.4 Å². The van der Waals surface area contributed by atoms with Gasteiger partial charge in [-0.25, -0.2) is 0 Å². The molecule has 0 amide bonds. The quantitative estimate of drug-likeness (QED) is 0.816. The van der Waals surface area contributed by atoms with E-state index in [0.29, 0.717) is 6.10 Å². The zero-order chi connectivity index (χ0) is 13.0. The number of nitrogens with zero attached hydrogens (tertiary/aromatic N) is 2. The number of methoxy groups -OCH3 is 1. The Labute approximate surface area is 109 Å². The SMILES string of the molecule is C=Cc1cc(C)c(CN2CCC(OC)CC2)cn1. The van der Waals surface area contributed by atoms with E-state index in [4.69, 9.17) is 4.74 Å². The van der Waals surface area contributed by atoms with E-state index in [2.05, 4.69) is 29.5 Å². The lowest BCUT2D eigenvalue weighted by atomic mass is 10.1. The Morgan fingerprint density at radius 2 is 2.22 bits per heavy atom. The maximum absolute atomic E-state index is 5.39. The fourth-order valence-corrected chi connectivity index (χ4v) is 2.43. The summed E-state index contributed by atoms with van der Waals surface area (Å²) in [6, 6.07) is 2.10. The van der Waals surface area contributed by atoms with E-state index in [1.54, 1.807) is 6.08 Å². The van der Waals surface area contributed by atoms with Gasteiger partial charge in [0, 0.05) is 32.9 Å². The molecule has 1 saturated heterocycles. The first-order valence-electron chi connectivity index (χ1n) is 6.56. The predicted octanol–water partition coefficient (Wildman–Crippen LogP) is 2.64. The summed E-state index contributed by atoms with van der Waals surface area (Å²) >= 11 is 0. The normalized spacial score (nSPS) is 17.9. The van der Waals surface area contributed by atoms with Gasteiger partial charge in [-0.1, -0.05) is 6.58 Å². The van der Waals surface area contributed by atoms with Gasteiger partial charge in [-0.3, -0.25) is 9.88 Å². The molecule has 0 N–H and O–H groups in total. The van der Waals surface area contributed by atoms with Gasteiger partial charge in [0.05, 0.1) is 11.8 Å². The maximum atomic E-state index is 5.39. The molecule has 0 aromatic carbocycles. The van der Waals surface area contributed by atoms with Crippen molar-refractivity contribution >= 4 is 6.08 Å². The third-order valence-electron chi connectivity index (χ3n) is 3.71. The van der Waals surface area contributed by atoms with Gasteiger partial charge < -0.3 is 4.74 Å². The Morgan fingerprint density at radius 1 is 1.50 bits per heavy atom. The molecule has 1 aliphatic rings. The minimum absolute atomic E-state index is 0.448. The van der Waals surface area contributed by atoms with Crippen LogP contribution in [-0.4, -0.2) is 36.2 Å². The largest absolute Gasteiger partial charge is 0.381 e. The van der Waals surface area contributed by atoms with Crippen LogP contribution in [0.25, 0.3) is 6.08 Å². The van der Waals surface area contributed by atoms with E-state index < -0.39 is 0 Å². The van der Waals surface area contributed by atoms with Crippen molar-refractivity contribution in [2.45, 2.75) is 32.4 Å². The van der Waals surface area contributed by atoms with Crippen LogP contribution in [0.5, 0.6) is 0 Å². The summed E-state index contributed by atoms with van der Waals surface area (Å²) in [5.41, 5.74) is 3.57. The lowest BCUT2D eigenvalue weighted by Gasteiger charge is -2.31. The second kappa shape index (κ2) is 6.12. The van der Waals surface area contributed by atoms with Gasteiger partial charge in [0.15, 0.2) is 0 Å². The van der Waals surface area contributed by atoms with E-state index in [1.165, 1.54) is 11.1 Å². The third-order valence-corrected chi connectivity index (χ3v) is 3.71. The van der Waals surface area contributed by atoms with E-state index in [0.717, 1.165) is 38.2 Å². The highest BCUT2D eigenvalue weighted by atomic mass is 16.5. The van der Waals surface area contributed by atoms with E-state index in [9.17, 15) is 0 Å². The number of rotatable bonds is 4. The molecular weight excluding hydrogens is 224 g/mol. The maximum Gasteiger partial charge on any atom is 0.0626 e. The van der Waals surface area contributed by atoms with Gasteiger partial charge in [0.1, 0.15) is 0 Å². The summed E-state index contributed by atoms with van der Waals surface area (Å²) in [6.07, 6.45) is 6.49. The summed E-state index contributed by atoms with van der Waals surface area (Å²) in [5, 5.41) is 0. The van der Waals surface area contributed by atoms with E-state index in [-0.39, 0.29) is 0 Å². The molecule has 0 atom stereocenters. The van der Waals surface area contributed by atoms with Crippen molar-refractivity contribution in [3.05, 3.63) is 35.7 Å². The fourth-order valence-electron chi connectivity index (χ4n) is 2.43. The summed E-state index contributed by atoms with van der Waals surface area (Å²) in [4.78, 5) is 6.86. The van der Waals surface area contributed by atoms with Crippen LogP contribution < -0.4 is 0 Å². The summed E-state index contributed by atoms with van der Waals surface area (Å²) in [5.74, 6) is 0. The molecular formula is C15H22N2O. The standard InChI is InChI=1S/C15H22N2O/c1-4-14-9-12(2)13(10-16-14)11-17-7-5-15(18-3)6-8-17/h4,9-10,15H,1,5-8,11H2,2-3H3. The van der Waals surface area contributed by atoms with Gasteiger partial charge in [-0.15, -0.1) is 0 Å². The number of aromatic nitrogens is 1. The highest BCUT2D eigenvalue weighted by molar-refractivity contribution is 5.44. The van der Waals surface area contributed by atoms with Crippen molar-refractivity contribution in [1.82, 2.24) is 9.88 Å². The van der Waals surface area contributed by atoms with Crippen LogP contribution in [0, 0.1) is 6.92 Å². The number of hydrogen-bond donors (Lipinski definition) is 0. The summed E-state index contributed by atoms with van der Waals surface area (Å²) in [6.45, 7) is 9.11. The van der Waals surface area contributed by atoms with Crippen molar-refractivity contribution in [1.29, 1.82) is 0 Å². The van der Waals surface area contributed by atoms with Gasteiger partial charge in [0.25, 0.3) is 0 Å². The van der Waals surface area contributed by atoms with Gasteiger partial charge in [0.2, 0.25) is 0 Å². The second-order valence-corrected chi connectivity index (χ2v) is 4.95. The first-order valence-corrected chi connectivity index (χ1v) is 6.56. The lowest BCUT2D eigenvalue weighted by Crippen LogP contribution is -2.36. The summed E-state index contributed by atoms with van der Waals surface area (Å²) in [7, 11) is 1.81. The molecule has 1 aliphatic heterocycles. The van der Waals surface area contributed by atoms with Gasteiger partial charge >= 0.3 is 0 Å². The van der Waals surface area contributed by atoms with Gasteiger partial charge in [-0.2, -0.15) is 0 Å². The van der Waals surface area contributed by atoms with Crippen molar-refractivity contribution in [2.24, 2.45) is 0 Å². The highest BCUT2D eigenvalue weighted by Gasteiger charge is 2.19. The van der Waals surface area contributed by atoms with Crippen molar-refractivity contribution in [3.8, 4) is 0 Å². The Kier molecular flexibility index (Phi) is 4.50. The smallest absolute Gasteiger partial charge is 0.0626 e. The second-order valence-electron chi connectivity index (χ2n) is 4.95. The van der Waals surface area contributed by atoms with E-state index >= 15 is 0 Å². The Balaban J connectivity index is 1.96. The molecule has 0 bridgehead atoms. The first kappa shape index (κ1) is 13.2. The number of hydrogen-bond acceptors (Lipinski definition) is 3. The zero-order valence-corrected chi connectivity index (χ0v) is 11.4. The molecule has 2 rings (SSSR count). The number of ether oxygens (including phenoxy) is 1. The first-order chi connectivity index (χ1) is 8.72. The Hall–Kier alpha value is -1.19. The molecule has 1 fully saturated rings. The van der Waals surface area contributed by atoms with Crippen LogP contribution in [0.1, 0.15) is 29.7 Å². The van der Waals surface area contributed by atoms with Crippen LogP contribution in [0.2, 0.25) is 0 Å². The molecule has 98 valence electrons. The number of pyridine rings is 1. The van der Waals surface area contributed by atoms with Crippen LogP contribution in [0.15, 0.2) is 18.8 Å². The van der Waals surface area contributed by atoms with Crippen LogP contribution in [0.4, 0.5) is 0 Å². The molecule has 2 heterocycles. The number of likely N-dealkylation sites (tertiary alicyclic amines) is 1. The summed E-state index contributed by atoms with van der Waals surface area (Å²) < 4.78 is 5.39. The highest BCUT2D eigenvalue weighted by Crippen LogP contribution is 2.17. The van der Waals surface area contributed by atoms with Crippen molar-refractivity contribution in [3.63, 3.8) is 0 Å². The van der Waals surface area contributed by atoms with Crippen LogP contribution >= 0.6 is 0 Å². The number of aryl methyl sites for hydroxylation is 1. The van der Waals surface area contributed by atoms with Crippen LogP contribution in [-0.2, 0) is 11.3 Å². The average Bonchev–Trinajstić information content (AvgIpc) is 2.42. The lowest BCUT2D eigenvalue weighted by molar-refractivity contribution is 0.0388. The molecule has 1 aromatic rings. The Morgan fingerprint density at radius 3 is 2.78 bits per heavy atom. The molecule has 1 aromatic heterocycles. The predicted molar refractivity (Wildman–Crippen MR) is 74.4 cm³/mol. The van der Waals surface area contributed by atoms with Crippen LogP contribution in [0.3, 0.4) is 0 Å². The molecule has 3 nitrogen and oxygen atoms in total. The van der Waals surface area contributed by atoms with Crippen molar-refractivity contribution in [2.75, 3.05) is 20.2 Å². The third kappa shape index (κ3) is 3.18. The molecule has 0 radical (unpaired) electrons. The zero-order valence-electron chi connectivity index (χ0n) is 11.4. The molecule has 3 heteroatoms. The van der Waals surface area contributed by atoms with Gasteiger partial charge in [-0.05, 0) is 43.0 Å². The molecule has 0 spiro atoms. The van der Waals surface area contributed by atoms with Crippen molar-refractivity contribution < 1.29 is 4.74 Å². The fraction of sp³-hybridized carbons (Fsp3) is 0.533. The molecule has 0 saturated carbocycles. The molecule has 0 unspecified atom stereocenters. The molecule has 18 heavy (non-hydrogen) atoms. The van der Waals surface area contributed by atoms with E-state index in [1.807, 2.05) is 13.3 Å². The Bertz CT molecular complexity index is 409. The monoisotopic (exact) mass is 246 g/mol. The minimum atomic E-state index is 0.448. The minimum Gasteiger partial charge on any atom is -0.381 e.